The lowest BCUT2D eigenvalue weighted by molar-refractivity contribution is -0.134. The van der Waals surface area contributed by atoms with Crippen LogP contribution in [0.4, 0.5) is 0 Å². The molecule has 3 atom stereocenters. The number of aromatic nitrogens is 1. The van der Waals surface area contributed by atoms with Crippen molar-refractivity contribution in [3.8, 4) is 0 Å². The number of fused-ring (bicyclic) bond motifs is 2. The Hall–Kier alpha value is -2.63. The zero-order valence-corrected chi connectivity index (χ0v) is 16.0. The smallest absolute Gasteiger partial charge is 0.254 e. The molecule has 1 aromatic heterocycles. The van der Waals surface area contributed by atoms with Crippen LogP contribution in [0.1, 0.15) is 35.2 Å². The number of aromatic amines is 1. The Labute approximate surface area is 158 Å². The van der Waals surface area contributed by atoms with Gasteiger partial charge in [0, 0.05) is 50.1 Å². The van der Waals surface area contributed by atoms with Gasteiger partial charge in [0.05, 0.1) is 5.56 Å². The molecule has 142 valence electrons. The highest BCUT2D eigenvalue weighted by molar-refractivity contribution is 6.06. The Balaban J connectivity index is 1.62. The number of rotatable bonds is 2. The van der Waals surface area contributed by atoms with Gasteiger partial charge in [-0.3, -0.25) is 14.4 Å². The Bertz CT molecular complexity index is 980. The summed E-state index contributed by atoms with van der Waals surface area (Å²) in [4.78, 5) is 43.7. The summed E-state index contributed by atoms with van der Waals surface area (Å²) in [7, 11) is 3.67. The largest absolute Gasteiger partial charge is 0.345 e. The normalized spacial score (nSPS) is 24.9. The fourth-order valence-corrected chi connectivity index (χ4v) is 4.70. The third kappa shape index (κ3) is 3.13. The van der Waals surface area contributed by atoms with E-state index in [0.29, 0.717) is 29.3 Å². The average Bonchev–Trinajstić information content (AvgIpc) is 3.03. The van der Waals surface area contributed by atoms with Crippen LogP contribution in [0.15, 0.2) is 29.1 Å². The van der Waals surface area contributed by atoms with Gasteiger partial charge in [0.1, 0.15) is 0 Å². The van der Waals surface area contributed by atoms with Gasteiger partial charge in [0.15, 0.2) is 0 Å². The van der Waals surface area contributed by atoms with E-state index in [1.165, 1.54) is 6.07 Å². The number of hydrogen-bond donors (Lipinski definition) is 1. The van der Waals surface area contributed by atoms with Crippen molar-refractivity contribution >= 4 is 22.7 Å². The molecule has 1 saturated heterocycles. The predicted octanol–water partition coefficient (Wildman–Crippen LogP) is 2.17. The van der Waals surface area contributed by atoms with Gasteiger partial charge in [-0.15, -0.1) is 0 Å². The maximum absolute atomic E-state index is 13.2. The average molecular weight is 367 g/mol. The van der Waals surface area contributed by atoms with Crippen LogP contribution < -0.4 is 5.56 Å². The number of amides is 2. The van der Waals surface area contributed by atoms with Crippen LogP contribution in [0, 0.1) is 18.8 Å². The standard InChI is InChI=1S/C21H25N3O3/c1-12-4-5-18-16(6-12)17(10-19(25)22-18)21(27)24(3)15-7-13-9-20(26)23(2)11-14(13)8-15/h4-6,10,13-15H,7-9,11H2,1-3H3,(H,22,25)/t13-,14+,15-/m1/s1. The molecule has 0 unspecified atom stereocenters. The van der Waals surface area contributed by atoms with Gasteiger partial charge in [-0.25, -0.2) is 0 Å². The minimum atomic E-state index is -0.268. The number of nitrogens with zero attached hydrogens (tertiary/aromatic N) is 2. The van der Waals surface area contributed by atoms with E-state index in [2.05, 4.69) is 4.98 Å². The lowest BCUT2D eigenvalue weighted by Gasteiger charge is -2.31. The van der Waals surface area contributed by atoms with Crippen molar-refractivity contribution in [2.45, 2.75) is 32.2 Å². The summed E-state index contributed by atoms with van der Waals surface area (Å²) in [6.45, 7) is 2.74. The Morgan fingerprint density at radius 3 is 2.70 bits per heavy atom. The van der Waals surface area contributed by atoms with Crippen LogP contribution >= 0.6 is 0 Å². The molecule has 1 aliphatic heterocycles. The number of carbonyl (C=O) groups is 2. The first-order chi connectivity index (χ1) is 12.8. The third-order valence-corrected chi connectivity index (χ3v) is 6.28. The van der Waals surface area contributed by atoms with E-state index in [0.717, 1.165) is 30.3 Å². The number of H-pyrrole nitrogens is 1. The zero-order valence-electron chi connectivity index (χ0n) is 16.0. The van der Waals surface area contributed by atoms with Gasteiger partial charge in [-0.1, -0.05) is 11.6 Å². The number of nitrogens with one attached hydrogen (secondary N) is 1. The number of aryl methyl sites for hydroxylation is 1. The molecular formula is C21H25N3O3. The molecule has 0 radical (unpaired) electrons. The highest BCUT2D eigenvalue weighted by Crippen LogP contribution is 2.40. The molecule has 2 aromatic rings. The maximum atomic E-state index is 13.2. The van der Waals surface area contributed by atoms with E-state index >= 15 is 0 Å². The maximum Gasteiger partial charge on any atom is 0.254 e. The number of benzene rings is 1. The summed E-state index contributed by atoms with van der Waals surface area (Å²) in [5.74, 6) is 0.875. The number of pyridine rings is 1. The van der Waals surface area contributed by atoms with E-state index in [4.69, 9.17) is 0 Å². The molecule has 2 amide bonds. The quantitative estimate of drug-likeness (QED) is 0.884. The van der Waals surface area contributed by atoms with Gasteiger partial charge in [-0.2, -0.15) is 0 Å². The Kier molecular flexibility index (Phi) is 4.29. The first kappa shape index (κ1) is 17.8. The van der Waals surface area contributed by atoms with Crippen LogP contribution in [-0.4, -0.2) is 53.3 Å². The minimum absolute atomic E-state index is 0.103. The first-order valence-corrected chi connectivity index (χ1v) is 9.48. The predicted molar refractivity (Wildman–Crippen MR) is 104 cm³/mol. The monoisotopic (exact) mass is 367 g/mol. The van der Waals surface area contributed by atoms with Crippen molar-refractivity contribution in [1.29, 1.82) is 0 Å². The number of carbonyl (C=O) groups excluding carboxylic acids is 2. The molecule has 1 aliphatic carbocycles. The van der Waals surface area contributed by atoms with Gasteiger partial charge in [0.25, 0.3) is 5.91 Å². The van der Waals surface area contributed by atoms with Crippen LogP contribution in [0.25, 0.3) is 10.9 Å². The van der Waals surface area contributed by atoms with Crippen LogP contribution in [-0.2, 0) is 4.79 Å². The summed E-state index contributed by atoms with van der Waals surface area (Å²) >= 11 is 0. The number of hydrogen-bond acceptors (Lipinski definition) is 3. The molecule has 0 spiro atoms. The zero-order chi connectivity index (χ0) is 19.3. The van der Waals surface area contributed by atoms with Crippen LogP contribution in [0.2, 0.25) is 0 Å². The summed E-state index contributed by atoms with van der Waals surface area (Å²) in [6, 6.07) is 7.21. The summed E-state index contributed by atoms with van der Waals surface area (Å²) in [5.41, 5.74) is 1.90. The SMILES string of the molecule is Cc1ccc2[nH]c(=O)cc(C(=O)N(C)[C@@H]3C[C@@H]4CC(=O)N(C)C[C@@H]4C3)c2c1. The van der Waals surface area contributed by atoms with E-state index in [-0.39, 0.29) is 23.4 Å². The van der Waals surface area contributed by atoms with E-state index < -0.39 is 0 Å². The second-order valence-electron chi connectivity index (χ2n) is 8.14. The second-order valence-corrected chi connectivity index (χ2v) is 8.14. The van der Waals surface area contributed by atoms with Crippen molar-refractivity contribution in [2.75, 3.05) is 20.6 Å². The highest BCUT2D eigenvalue weighted by Gasteiger charge is 2.42. The molecule has 2 aliphatic rings. The third-order valence-electron chi connectivity index (χ3n) is 6.28. The van der Waals surface area contributed by atoms with Gasteiger partial charge >= 0.3 is 0 Å². The molecule has 0 bridgehead atoms. The van der Waals surface area contributed by atoms with Crippen LogP contribution in [0.5, 0.6) is 0 Å². The summed E-state index contributed by atoms with van der Waals surface area (Å²) < 4.78 is 0. The molecule has 2 heterocycles. The number of piperidine rings is 1. The minimum Gasteiger partial charge on any atom is -0.345 e. The number of likely N-dealkylation sites (tertiary alicyclic amines) is 1. The molecule has 6 nitrogen and oxygen atoms in total. The Morgan fingerprint density at radius 2 is 1.93 bits per heavy atom. The lowest BCUT2D eigenvalue weighted by atomic mass is 9.88. The molecule has 6 heteroatoms. The Morgan fingerprint density at radius 1 is 1.19 bits per heavy atom. The molecular weight excluding hydrogens is 342 g/mol. The van der Waals surface area contributed by atoms with Crippen molar-refractivity contribution in [3.63, 3.8) is 0 Å². The summed E-state index contributed by atoms with van der Waals surface area (Å²) in [5, 5.41) is 0.775. The van der Waals surface area contributed by atoms with E-state index in [9.17, 15) is 14.4 Å². The second kappa shape index (κ2) is 6.51. The fraction of sp³-hybridized carbons (Fsp3) is 0.476. The molecule has 4 rings (SSSR count). The first-order valence-electron chi connectivity index (χ1n) is 9.48. The van der Waals surface area contributed by atoms with Gasteiger partial charge in [-0.05, 0) is 43.7 Å². The van der Waals surface area contributed by atoms with Gasteiger partial charge < -0.3 is 14.8 Å². The highest BCUT2D eigenvalue weighted by atomic mass is 16.2. The van der Waals surface area contributed by atoms with Crippen molar-refractivity contribution < 1.29 is 9.59 Å². The lowest BCUT2D eigenvalue weighted by Crippen LogP contribution is -2.40. The van der Waals surface area contributed by atoms with Crippen molar-refractivity contribution in [3.05, 3.63) is 45.7 Å². The van der Waals surface area contributed by atoms with Crippen molar-refractivity contribution in [2.24, 2.45) is 11.8 Å². The van der Waals surface area contributed by atoms with Crippen LogP contribution in [0.3, 0.4) is 0 Å². The molecule has 2 fully saturated rings. The van der Waals surface area contributed by atoms with E-state index in [1.807, 2.05) is 39.2 Å². The molecule has 27 heavy (non-hydrogen) atoms. The topological polar surface area (TPSA) is 73.5 Å². The van der Waals surface area contributed by atoms with E-state index in [1.54, 1.807) is 9.80 Å². The summed E-state index contributed by atoms with van der Waals surface area (Å²) in [6.07, 6.45) is 2.34. The van der Waals surface area contributed by atoms with Gasteiger partial charge in [0.2, 0.25) is 11.5 Å². The molecule has 1 N–H and O–H groups in total. The molecule has 1 saturated carbocycles. The van der Waals surface area contributed by atoms with Crippen molar-refractivity contribution in [1.82, 2.24) is 14.8 Å². The fourth-order valence-electron chi connectivity index (χ4n) is 4.70. The molecule has 1 aromatic carbocycles.